The molecule has 0 aliphatic rings. The van der Waals surface area contributed by atoms with Crippen LogP contribution in [0, 0.1) is 5.92 Å². The van der Waals surface area contributed by atoms with Crippen LogP contribution < -0.4 is 5.32 Å². The Morgan fingerprint density at radius 3 is 3.00 bits per heavy atom. The third-order valence-corrected chi connectivity index (χ3v) is 2.87. The Kier molecular flexibility index (Phi) is 3.78. The molecule has 0 amide bonds. The second-order valence-corrected chi connectivity index (χ2v) is 4.77. The molecule has 17 heavy (non-hydrogen) atoms. The van der Waals surface area contributed by atoms with Gasteiger partial charge >= 0.3 is 0 Å². The van der Waals surface area contributed by atoms with Gasteiger partial charge in [0.1, 0.15) is 6.33 Å². The molecule has 0 radical (unpaired) electrons. The van der Waals surface area contributed by atoms with Crippen LogP contribution in [0.25, 0.3) is 5.65 Å². The Morgan fingerprint density at radius 1 is 1.47 bits per heavy atom. The normalized spacial score (nSPS) is 13.2. The predicted octanol–water partition coefficient (Wildman–Crippen LogP) is 2.19. The monoisotopic (exact) mass is 253 g/mol. The van der Waals surface area contributed by atoms with Crippen molar-refractivity contribution in [1.82, 2.24) is 19.6 Å². The summed E-state index contributed by atoms with van der Waals surface area (Å²) in [7, 11) is 0. The van der Waals surface area contributed by atoms with Crippen LogP contribution in [0.15, 0.2) is 18.7 Å². The van der Waals surface area contributed by atoms with E-state index in [-0.39, 0.29) is 6.04 Å². The van der Waals surface area contributed by atoms with Gasteiger partial charge in [-0.1, -0.05) is 13.8 Å². The number of fused-ring (bicyclic) bond motifs is 1. The van der Waals surface area contributed by atoms with E-state index in [4.69, 9.17) is 11.6 Å². The zero-order valence-electron chi connectivity index (χ0n) is 9.97. The smallest absolute Gasteiger partial charge is 0.203 e. The fourth-order valence-corrected chi connectivity index (χ4v) is 1.99. The summed E-state index contributed by atoms with van der Waals surface area (Å²) in [6, 6.07) is 0.201. The number of nitrogens with zero attached hydrogens (tertiary/aromatic N) is 4. The van der Waals surface area contributed by atoms with E-state index in [9.17, 15) is 0 Å². The SMILES string of the molecule is CC(C)CC(CCl)Nc1nccn2cnnc12. The molecule has 2 rings (SSSR count). The first-order chi connectivity index (χ1) is 8.20. The van der Waals surface area contributed by atoms with Crippen molar-refractivity contribution in [3.8, 4) is 0 Å². The standard InChI is InChI=1S/C11H16ClN5/c1-8(2)5-9(6-12)15-10-11-16-14-7-17(11)4-3-13-10/h3-4,7-9H,5-6H2,1-2H3,(H,13,15). The highest BCUT2D eigenvalue weighted by Crippen LogP contribution is 2.15. The molecule has 0 aliphatic carbocycles. The van der Waals surface area contributed by atoms with Gasteiger partial charge in [0, 0.05) is 24.3 Å². The van der Waals surface area contributed by atoms with E-state index in [1.165, 1.54) is 0 Å². The van der Waals surface area contributed by atoms with E-state index < -0.39 is 0 Å². The maximum absolute atomic E-state index is 5.95. The van der Waals surface area contributed by atoms with Gasteiger partial charge in [0.2, 0.25) is 5.65 Å². The average molecular weight is 254 g/mol. The molecule has 0 aliphatic heterocycles. The molecule has 1 atom stereocenters. The Morgan fingerprint density at radius 2 is 2.29 bits per heavy atom. The van der Waals surface area contributed by atoms with E-state index in [1.807, 2.05) is 10.6 Å². The highest BCUT2D eigenvalue weighted by Gasteiger charge is 2.13. The van der Waals surface area contributed by atoms with Gasteiger partial charge in [-0.15, -0.1) is 21.8 Å². The van der Waals surface area contributed by atoms with E-state index in [0.717, 1.165) is 17.9 Å². The summed E-state index contributed by atoms with van der Waals surface area (Å²) < 4.78 is 1.83. The molecule has 0 spiro atoms. The fourth-order valence-electron chi connectivity index (χ4n) is 1.78. The van der Waals surface area contributed by atoms with Crippen LogP contribution in [0.3, 0.4) is 0 Å². The van der Waals surface area contributed by atoms with Crippen molar-refractivity contribution in [2.75, 3.05) is 11.2 Å². The fraction of sp³-hybridized carbons (Fsp3) is 0.545. The molecule has 1 unspecified atom stereocenters. The number of aromatic nitrogens is 4. The molecular formula is C11H16ClN5. The van der Waals surface area contributed by atoms with Crippen LogP contribution >= 0.6 is 11.6 Å². The van der Waals surface area contributed by atoms with Crippen LogP contribution in [0.5, 0.6) is 0 Å². The van der Waals surface area contributed by atoms with Crippen LogP contribution in [0.1, 0.15) is 20.3 Å². The molecule has 5 nitrogen and oxygen atoms in total. The van der Waals surface area contributed by atoms with Crippen LogP contribution in [0.4, 0.5) is 5.82 Å². The van der Waals surface area contributed by atoms with Crippen molar-refractivity contribution in [1.29, 1.82) is 0 Å². The van der Waals surface area contributed by atoms with Gasteiger partial charge in [-0.2, -0.15) is 0 Å². The molecule has 2 aromatic heterocycles. The first-order valence-corrected chi connectivity index (χ1v) is 6.21. The number of hydrogen-bond donors (Lipinski definition) is 1. The molecule has 6 heteroatoms. The molecule has 0 bridgehead atoms. The van der Waals surface area contributed by atoms with Crippen LogP contribution in [-0.2, 0) is 0 Å². The van der Waals surface area contributed by atoms with E-state index in [1.54, 1.807) is 12.5 Å². The van der Waals surface area contributed by atoms with Crippen molar-refractivity contribution in [2.45, 2.75) is 26.3 Å². The molecule has 0 saturated carbocycles. The molecule has 0 fully saturated rings. The van der Waals surface area contributed by atoms with E-state index in [2.05, 4.69) is 34.3 Å². The number of anilines is 1. The summed E-state index contributed by atoms with van der Waals surface area (Å²) in [6.07, 6.45) is 6.19. The van der Waals surface area contributed by atoms with Crippen molar-refractivity contribution in [3.63, 3.8) is 0 Å². The van der Waals surface area contributed by atoms with Crippen LogP contribution in [0.2, 0.25) is 0 Å². The number of alkyl halides is 1. The maximum Gasteiger partial charge on any atom is 0.203 e. The summed E-state index contributed by atoms with van der Waals surface area (Å²) in [5, 5.41) is 11.2. The Balaban J connectivity index is 2.19. The van der Waals surface area contributed by atoms with Gasteiger partial charge in [0.15, 0.2) is 5.82 Å². The summed E-state index contributed by atoms with van der Waals surface area (Å²) >= 11 is 5.95. The van der Waals surface area contributed by atoms with Gasteiger partial charge in [-0.05, 0) is 12.3 Å². The number of rotatable bonds is 5. The lowest BCUT2D eigenvalue weighted by atomic mass is 10.1. The largest absolute Gasteiger partial charge is 0.363 e. The molecule has 0 saturated heterocycles. The van der Waals surface area contributed by atoms with E-state index in [0.29, 0.717) is 11.8 Å². The lowest BCUT2D eigenvalue weighted by molar-refractivity contribution is 0.541. The minimum atomic E-state index is 0.201. The van der Waals surface area contributed by atoms with E-state index >= 15 is 0 Å². The zero-order chi connectivity index (χ0) is 12.3. The molecule has 2 heterocycles. The molecule has 2 aromatic rings. The van der Waals surface area contributed by atoms with Gasteiger partial charge in [-0.25, -0.2) is 4.98 Å². The quantitative estimate of drug-likeness (QED) is 0.830. The highest BCUT2D eigenvalue weighted by molar-refractivity contribution is 6.18. The Bertz CT molecular complexity index is 481. The van der Waals surface area contributed by atoms with Gasteiger partial charge in [0.05, 0.1) is 0 Å². The summed E-state index contributed by atoms with van der Waals surface area (Å²) in [5.74, 6) is 1.87. The summed E-state index contributed by atoms with van der Waals surface area (Å²) in [6.45, 7) is 4.35. The minimum Gasteiger partial charge on any atom is -0.363 e. The lowest BCUT2D eigenvalue weighted by Gasteiger charge is -2.18. The van der Waals surface area contributed by atoms with Gasteiger partial charge in [-0.3, -0.25) is 4.40 Å². The molecular weight excluding hydrogens is 238 g/mol. The third kappa shape index (κ3) is 2.85. The van der Waals surface area contributed by atoms with Crippen molar-refractivity contribution >= 4 is 23.1 Å². The lowest BCUT2D eigenvalue weighted by Crippen LogP contribution is -2.24. The Hall–Kier alpha value is -1.36. The maximum atomic E-state index is 5.95. The van der Waals surface area contributed by atoms with Crippen molar-refractivity contribution in [2.24, 2.45) is 5.92 Å². The second-order valence-electron chi connectivity index (χ2n) is 4.46. The third-order valence-electron chi connectivity index (χ3n) is 2.50. The number of nitrogens with one attached hydrogen (secondary N) is 1. The van der Waals surface area contributed by atoms with Gasteiger partial charge < -0.3 is 5.32 Å². The van der Waals surface area contributed by atoms with Gasteiger partial charge in [0.25, 0.3) is 0 Å². The predicted molar refractivity (Wildman–Crippen MR) is 68.4 cm³/mol. The van der Waals surface area contributed by atoms with Crippen molar-refractivity contribution in [3.05, 3.63) is 18.7 Å². The first-order valence-electron chi connectivity index (χ1n) is 5.67. The molecule has 0 aromatic carbocycles. The highest BCUT2D eigenvalue weighted by atomic mass is 35.5. The zero-order valence-corrected chi connectivity index (χ0v) is 10.7. The summed E-state index contributed by atoms with van der Waals surface area (Å²) in [5.41, 5.74) is 0.728. The second kappa shape index (κ2) is 5.31. The molecule has 92 valence electrons. The minimum absolute atomic E-state index is 0.201. The topological polar surface area (TPSA) is 55.1 Å². The average Bonchev–Trinajstić information content (AvgIpc) is 2.76. The Labute approximate surface area is 105 Å². The number of hydrogen-bond acceptors (Lipinski definition) is 4. The summed E-state index contributed by atoms with van der Waals surface area (Å²) in [4.78, 5) is 4.28. The molecule has 1 N–H and O–H groups in total. The first kappa shape index (κ1) is 12.1. The van der Waals surface area contributed by atoms with Crippen molar-refractivity contribution < 1.29 is 0 Å². The van der Waals surface area contributed by atoms with Crippen LogP contribution in [-0.4, -0.2) is 31.5 Å². The number of halogens is 1.